The van der Waals surface area contributed by atoms with Crippen LogP contribution < -0.4 is 16.6 Å². The van der Waals surface area contributed by atoms with Crippen molar-refractivity contribution < 1.29 is 14.4 Å². The normalized spacial score (nSPS) is 10.5. The highest BCUT2D eigenvalue weighted by Crippen LogP contribution is 1.97. The Hall–Kier alpha value is -2.57. The molecule has 0 unspecified atom stereocenters. The summed E-state index contributed by atoms with van der Waals surface area (Å²) in [6.07, 6.45) is 0. The third-order valence-electron chi connectivity index (χ3n) is 1.61. The molecule has 1 aromatic carbocycles. The molecule has 0 bridgehead atoms. The van der Waals surface area contributed by atoms with Crippen LogP contribution in [-0.2, 0) is 9.63 Å². The van der Waals surface area contributed by atoms with E-state index in [0.29, 0.717) is 5.56 Å². The topological polar surface area (TPSA) is 106 Å². The van der Waals surface area contributed by atoms with Gasteiger partial charge in [-0.15, -0.1) is 5.10 Å². The summed E-state index contributed by atoms with van der Waals surface area (Å²) in [7, 11) is 0. The standard InChI is InChI=1S/C10H12N4O3/c1-7(15)17-14-10(11)13-12-9(16)8-5-3-2-4-6-8/h2-6H,1H3,(H,12,16)(H3,11,13,14). The van der Waals surface area contributed by atoms with Crippen LogP contribution in [0.4, 0.5) is 0 Å². The third kappa shape index (κ3) is 4.65. The average molecular weight is 236 g/mol. The van der Waals surface area contributed by atoms with E-state index in [1.54, 1.807) is 30.3 Å². The van der Waals surface area contributed by atoms with E-state index in [1.807, 2.05) is 0 Å². The van der Waals surface area contributed by atoms with Gasteiger partial charge in [-0.25, -0.2) is 5.43 Å². The number of hydrogen-bond acceptors (Lipinski definition) is 4. The number of hydrogen-bond donors (Lipinski definition) is 3. The van der Waals surface area contributed by atoms with E-state index < -0.39 is 11.9 Å². The monoisotopic (exact) mass is 236 g/mol. The highest BCUT2D eigenvalue weighted by atomic mass is 16.7. The molecule has 17 heavy (non-hydrogen) atoms. The molecular weight excluding hydrogens is 224 g/mol. The highest BCUT2D eigenvalue weighted by molar-refractivity contribution is 5.94. The maximum Gasteiger partial charge on any atom is 0.329 e. The van der Waals surface area contributed by atoms with Crippen LogP contribution in [0.2, 0.25) is 0 Å². The number of rotatable bonds is 2. The van der Waals surface area contributed by atoms with Crippen LogP contribution in [0, 0.1) is 0 Å². The molecule has 4 N–H and O–H groups in total. The summed E-state index contributed by atoms with van der Waals surface area (Å²) < 4.78 is 0. The number of nitrogens with one attached hydrogen (secondary N) is 2. The smallest absolute Gasteiger partial charge is 0.329 e. The second-order valence-electron chi connectivity index (χ2n) is 3.00. The molecule has 0 atom stereocenters. The predicted octanol–water partition coefficient (Wildman–Crippen LogP) is -0.286. The minimum atomic E-state index is -0.572. The Morgan fingerprint density at radius 2 is 1.94 bits per heavy atom. The SMILES string of the molecule is CC(=O)ONC(N)=NNC(=O)c1ccccc1. The fourth-order valence-electron chi connectivity index (χ4n) is 0.912. The number of amides is 1. The van der Waals surface area contributed by atoms with Gasteiger partial charge in [0.25, 0.3) is 5.91 Å². The Labute approximate surface area is 97.6 Å². The van der Waals surface area contributed by atoms with Crippen LogP contribution in [0.5, 0.6) is 0 Å². The summed E-state index contributed by atoms with van der Waals surface area (Å²) in [6, 6.07) is 8.48. The summed E-state index contributed by atoms with van der Waals surface area (Å²) in [6.45, 7) is 1.20. The lowest BCUT2D eigenvalue weighted by atomic mass is 10.2. The van der Waals surface area contributed by atoms with Crippen LogP contribution in [0.3, 0.4) is 0 Å². The Bertz CT molecular complexity index is 430. The van der Waals surface area contributed by atoms with Gasteiger partial charge in [-0.2, -0.15) is 5.48 Å². The van der Waals surface area contributed by atoms with Gasteiger partial charge in [-0.05, 0) is 12.1 Å². The third-order valence-corrected chi connectivity index (χ3v) is 1.61. The molecule has 7 heteroatoms. The summed E-state index contributed by atoms with van der Waals surface area (Å²) in [4.78, 5) is 26.2. The molecule has 0 aromatic heterocycles. The molecule has 0 aliphatic rings. The Morgan fingerprint density at radius 3 is 2.53 bits per heavy atom. The number of hydroxylamine groups is 1. The van der Waals surface area contributed by atoms with Gasteiger partial charge in [0.05, 0.1) is 0 Å². The number of guanidine groups is 1. The number of nitrogens with zero attached hydrogens (tertiary/aromatic N) is 1. The van der Waals surface area contributed by atoms with Crippen molar-refractivity contribution in [2.75, 3.05) is 0 Å². The summed E-state index contributed by atoms with van der Waals surface area (Å²) in [5.74, 6) is -1.22. The largest absolute Gasteiger partial charge is 0.366 e. The number of carbonyl (C=O) groups is 2. The van der Waals surface area contributed by atoms with Gasteiger partial charge in [-0.3, -0.25) is 9.59 Å². The molecule has 0 saturated carbocycles. The van der Waals surface area contributed by atoms with Crippen molar-refractivity contribution in [2.45, 2.75) is 6.92 Å². The van der Waals surface area contributed by atoms with Crippen molar-refractivity contribution in [1.29, 1.82) is 0 Å². The van der Waals surface area contributed by atoms with E-state index >= 15 is 0 Å². The average Bonchev–Trinajstić information content (AvgIpc) is 2.34. The van der Waals surface area contributed by atoms with Crippen LogP contribution >= 0.6 is 0 Å². The minimum absolute atomic E-state index is 0.232. The van der Waals surface area contributed by atoms with E-state index in [1.165, 1.54) is 6.92 Å². The Kier molecular flexibility index (Phi) is 4.49. The molecule has 1 amide bonds. The lowest BCUT2D eigenvalue weighted by Crippen LogP contribution is -2.35. The van der Waals surface area contributed by atoms with Crippen molar-refractivity contribution >= 4 is 17.8 Å². The maximum absolute atomic E-state index is 11.5. The van der Waals surface area contributed by atoms with E-state index in [-0.39, 0.29) is 5.96 Å². The molecule has 90 valence electrons. The van der Waals surface area contributed by atoms with Gasteiger partial charge in [0.15, 0.2) is 0 Å². The van der Waals surface area contributed by atoms with Crippen molar-refractivity contribution in [3.8, 4) is 0 Å². The van der Waals surface area contributed by atoms with Gasteiger partial charge < -0.3 is 10.6 Å². The molecule has 0 saturated heterocycles. The summed E-state index contributed by atoms with van der Waals surface area (Å²) in [5, 5.41) is 3.48. The van der Waals surface area contributed by atoms with Gasteiger partial charge in [0.1, 0.15) is 0 Å². The van der Waals surface area contributed by atoms with Gasteiger partial charge in [-0.1, -0.05) is 18.2 Å². The van der Waals surface area contributed by atoms with Crippen LogP contribution in [0.15, 0.2) is 35.4 Å². The van der Waals surface area contributed by atoms with E-state index in [0.717, 1.165) is 0 Å². The number of nitrogens with two attached hydrogens (primary N) is 1. The van der Waals surface area contributed by atoms with Crippen molar-refractivity contribution in [3.05, 3.63) is 35.9 Å². The number of hydrazone groups is 1. The van der Waals surface area contributed by atoms with E-state index in [4.69, 9.17) is 5.73 Å². The number of carbonyl (C=O) groups excluding carboxylic acids is 2. The van der Waals surface area contributed by atoms with Crippen LogP contribution in [0.1, 0.15) is 17.3 Å². The molecule has 0 heterocycles. The van der Waals surface area contributed by atoms with Crippen molar-refractivity contribution in [2.24, 2.45) is 10.8 Å². The molecule has 0 fully saturated rings. The van der Waals surface area contributed by atoms with E-state index in [9.17, 15) is 9.59 Å². The first-order valence-corrected chi connectivity index (χ1v) is 4.71. The zero-order valence-corrected chi connectivity index (χ0v) is 9.14. The molecule has 0 aliphatic heterocycles. The molecular formula is C10H12N4O3. The first-order valence-electron chi connectivity index (χ1n) is 4.71. The van der Waals surface area contributed by atoms with Crippen molar-refractivity contribution in [1.82, 2.24) is 10.9 Å². The second kappa shape index (κ2) is 6.11. The molecule has 0 spiro atoms. The lowest BCUT2D eigenvalue weighted by molar-refractivity contribution is -0.145. The van der Waals surface area contributed by atoms with Crippen molar-refractivity contribution in [3.63, 3.8) is 0 Å². The number of benzene rings is 1. The zero-order valence-electron chi connectivity index (χ0n) is 9.14. The quantitative estimate of drug-likeness (QED) is 0.372. The van der Waals surface area contributed by atoms with Gasteiger partial charge in [0, 0.05) is 12.5 Å². The summed E-state index contributed by atoms with van der Waals surface area (Å²) in [5.41, 5.74) is 9.98. The molecule has 0 radical (unpaired) electrons. The predicted molar refractivity (Wildman–Crippen MR) is 60.4 cm³/mol. The first kappa shape index (κ1) is 12.5. The second-order valence-corrected chi connectivity index (χ2v) is 3.00. The van der Waals surface area contributed by atoms with Gasteiger partial charge >= 0.3 is 5.97 Å². The summed E-state index contributed by atoms with van der Waals surface area (Å²) >= 11 is 0. The fraction of sp³-hybridized carbons (Fsp3) is 0.100. The van der Waals surface area contributed by atoms with E-state index in [2.05, 4.69) is 20.8 Å². The Morgan fingerprint density at radius 1 is 1.29 bits per heavy atom. The van der Waals surface area contributed by atoms with Crippen LogP contribution in [0.25, 0.3) is 0 Å². The maximum atomic E-state index is 11.5. The lowest BCUT2D eigenvalue weighted by Gasteiger charge is -2.04. The Balaban J connectivity index is 2.47. The first-order chi connectivity index (χ1) is 8.09. The van der Waals surface area contributed by atoms with Crippen LogP contribution in [-0.4, -0.2) is 17.8 Å². The molecule has 0 aliphatic carbocycles. The highest BCUT2D eigenvalue weighted by Gasteiger charge is 2.03. The molecule has 1 rings (SSSR count). The molecule has 7 nitrogen and oxygen atoms in total. The zero-order chi connectivity index (χ0) is 12.7. The fourth-order valence-corrected chi connectivity index (χ4v) is 0.912. The minimum Gasteiger partial charge on any atom is -0.366 e. The molecule has 1 aromatic rings. The van der Waals surface area contributed by atoms with Gasteiger partial charge in [0.2, 0.25) is 5.96 Å².